The van der Waals surface area contributed by atoms with E-state index in [0.29, 0.717) is 23.8 Å². The van der Waals surface area contributed by atoms with Crippen LogP contribution in [-0.4, -0.2) is 30.5 Å². The first kappa shape index (κ1) is 13.8. The van der Waals surface area contributed by atoms with Gasteiger partial charge >= 0.3 is 5.69 Å². The minimum atomic E-state index is -0.461. The van der Waals surface area contributed by atoms with Crippen LogP contribution in [0.5, 0.6) is 5.75 Å². The van der Waals surface area contributed by atoms with Gasteiger partial charge in [0, 0.05) is 30.3 Å². The SMILES string of the molecule is O=C1Cc2cc([N+](=O)[O-])c(OCC3CCCNC3)cc2N1. The van der Waals surface area contributed by atoms with E-state index in [2.05, 4.69) is 10.6 Å². The van der Waals surface area contributed by atoms with E-state index in [4.69, 9.17) is 4.74 Å². The van der Waals surface area contributed by atoms with Crippen LogP contribution in [0.15, 0.2) is 12.1 Å². The fourth-order valence-corrected chi connectivity index (χ4v) is 2.77. The molecule has 0 radical (unpaired) electrons. The van der Waals surface area contributed by atoms with Crippen molar-refractivity contribution in [3.63, 3.8) is 0 Å². The van der Waals surface area contributed by atoms with Gasteiger partial charge in [-0.25, -0.2) is 0 Å². The topological polar surface area (TPSA) is 93.5 Å². The van der Waals surface area contributed by atoms with Gasteiger partial charge in [-0.3, -0.25) is 14.9 Å². The van der Waals surface area contributed by atoms with Crippen molar-refractivity contribution in [2.45, 2.75) is 19.3 Å². The summed E-state index contributed by atoms with van der Waals surface area (Å²) in [5, 5.41) is 17.1. The third kappa shape index (κ3) is 2.97. The van der Waals surface area contributed by atoms with Crippen molar-refractivity contribution >= 4 is 17.3 Å². The molecule has 1 aromatic carbocycles. The van der Waals surface area contributed by atoms with Crippen LogP contribution in [-0.2, 0) is 11.2 Å². The lowest BCUT2D eigenvalue weighted by molar-refractivity contribution is -0.385. The number of fused-ring (bicyclic) bond motifs is 1. The van der Waals surface area contributed by atoms with Gasteiger partial charge in [0.25, 0.3) is 0 Å². The first-order valence-corrected chi connectivity index (χ1v) is 7.08. The number of nitrogens with zero attached hydrogens (tertiary/aromatic N) is 1. The highest BCUT2D eigenvalue weighted by atomic mass is 16.6. The second-order valence-electron chi connectivity index (χ2n) is 5.48. The predicted molar refractivity (Wildman–Crippen MR) is 76.5 cm³/mol. The molecular weight excluding hydrogens is 274 g/mol. The van der Waals surface area contributed by atoms with E-state index in [1.165, 1.54) is 6.07 Å². The molecule has 1 aromatic rings. The molecule has 1 fully saturated rings. The van der Waals surface area contributed by atoms with Crippen LogP contribution in [0.25, 0.3) is 0 Å². The molecule has 112 valence electrons. The van der Waals surface area contributed by atoms with Crippen LogP contribution in [0.1, 0.15) is 18.4 Å². The maximum atomic E-state index is 11.4. The van der Waals surface area contributed by atoms with E-state index >= 15 is 0 Å². The minimum Gasteiger partial charge on any atom is -0.486 e. The molecule has 2 heterocycles. The van der Waals surface area contributed by atoms with E-state index in [-0.39, 0.29) is 23.8 Å². The second-order valence-corrected chi connectivity index (χ2v) is 5.48. The number of ether oxygens (including phenoxy) is 1. The molecule has 0 bridgehead atoms. The van der Waals surface area contributed by atoms with Crippen molar-refractivity contribution < 1.29 is 14.5 Å². The molecule has 1 unspecified atom stereocenters. The number of piperidine rings is 1. The predicted octanol–water partition coefficient (Wildman–Crippen LogP) is 1.47. The summed E-state index contributed by atoms with van der Waals surface area (Å²) in [6.07, 6.45) is 2.34. The monoisotopic (exact) mass is 291 g/mol. The molecule has 21 heavy (non-hydrogen) atoms. The number of nitro benzene ring substituents is 1. The lowest BCUT2D eigenvalue weighted by Gasteiger charge is -2.22. The number of rotatable bonds is 4. The lowest BCUT2D eigenvalue weighted by atomic mass is 10.0. The summed E-state index contributed by atoms with van der Waals surface area (Å²) in [5.41, 5.74) is 1.19. The molecule has 1 atom stereocenters. The van der Waals surface area contributed by atoms with Gasteiger partial charge in [0.2, 0.25) is 5.91 Å². The number of amides is 1. The average Bonchev–Trinajstić information content (AvgIpc) is 2.84. The third-order valence-electron chi connectivity index (χ3n) is 3.88. The van der Waals surface area contributed by atoms with Crippen LogP contribution in [0.4, 0.5) is 11.4 Å². The minimum absolute atomic E-state index is 0.0750. The molecule has 0 spiro atoms. The van der Waals surface area contributed by atoms with Crippen LogP contribution in [0, 0.1) is 16.0 Å². The molecule has 2 aliphatic rings. The molecule has 2 N–H and O–H groups in total. The first-order chi connectivity index (χ1) is 10.1. The number of carbonyl (C=O) groups excluding carboxylic acids is 1. The van der Waals surface area contributed by atoms with E-state index in [0.717, 1.165) is 25.9 Å². The molecule has 2 aliphatic heterocycles. The maximum absolute atomic E-state index is 11.4. The zero-order valence-electron chi connectivity index (χ0n) is 11.6. The Labute approximate surface area is 121 Å². The van der Waals surface area contributed by atoms with Gasteiger partial charge in [0.05, 0.1) is 18.0 Å². The number of anilines is 1. The zero-order valence-corrected chi connectivity index (χ0v) is 11.6. The molecule has 3 rings (SSSR count). The van der Waals surface area contributed by atoms with Crippen molar-refractivity contribution in [2.75, 3.05) is 25.0 Å². The lowest BCUT2D eigenvalue weighted by Crippen LogP contribution is -2.33. The molecular formula is C14H17N3O4. The van der Waals surface area contributed by atoms with Crippen molar-refractivity contribution in [2.24, 2.45) is 5.92 Å². The van der Waals surface area contributed by atoms with E-state index in [9.17, 15) is 14.9 Å². The normalized spacial score (nSPS) is 20.8. The Bertz CT molecular complexity index is 582. The van der Waals surface area contributed by atoms with Gasteiger partial charge in [-0.1, -0.05) is 0 Å². The third-order valence-corrected chi connectivity index (χ3v) is 3.88. The van der Waals surface area contributed by atoms with Gasteiger partial charge in [0.15, 0.2) is 5.75 Å². The van der Waals surface area contributed by atoms with Gasteiger partial charge in [-0.05, 0) is 24.9 Å². The summed E-state index contributed by atoms with van der Waals surface area (Å²) in [6.45, 7) is 2.33. The summed E-state index contributed by atoms with van der Waals surface area (Å²) in [6, 6.07) is 3.00. The Kier molecular flexibility index (Phi) is 3.74. The average molecular weight is 291 g/mol. The quantitative estimate of drug-likeness (QED) is 0.647. The molecule has 0 aromatic heterocycles. The number of nitrogens with one attached hydrogen (secondary N) is 2. The van der Waals surface area contributed by atoms with E-state index in [1.807, 2.05) is 0 Å². The highest BCUT2D eigenvalue weighted by molar-refractivity contribution is 5.99. The van der Waals surface area contributed by atoms with Gasteiger partial charge in [0.1, 0.15) is 0 Å². The van der Waals surface area contributed by atoms with Crippen molar-refractivity contribution in [1.82, 2.24) is 5.32 Å². The van der Waals surface area contributed by atoms with Crippen molar-refractivity contribution in [3.8, 4) is 5.75 Å². The fraction of sp³-hybridized carbons (Fsp3) is 0.500. The summed E-state index contributed by atoms with van der Waals surface area (Å²) in [5.74, 6) is 0.445. The Morgan fingerprint density at radius 2 is 2.29 bits per heavy atom. The molecule has 7 heteroatoms. The van der Waals surface area contributed by atoms with Gasteiger partial charge in [-0.15, -0.1) is 0 Å². The fourth-order valence-electron chi connectivity index (χ4n) is 2.77. The largest absolute Gasteiger partial charge is 0.486 e. The van der Waals surface area contributed by atoms with Crippen LogP contribution >= 0.6 is 0 Å². The molecule has 7 nitrogen and oxygen atoms in total. The van der Waals surface area contributed by atoms with Crippen LogP contribution < -0.4 is 15.4 Å². The molecule has 0 aliphatic carbocycles. The Morgan fingerprint density at radius 1 is 1.43 bits per heavy atom. The van der Waals surface area contributed by atoms with Crippen molar-refractivity contribution in [3.05, 3.63) is 27.8 Å². The number of nitro groups is 1. The molecule has 1 saturated heterocycles. The number of carbonyl (C=O) groups is 1. The zero-order chi connectivity index (χ0) is 14.8. The smallest absolute Gasteiger partial charge is 0.311 e. The number of benzene rings is 1. The molecule has 0 saturated carbocycles. The van der Waals surface area contributed by atoms with Gasteiger partial charge in [-0.2, -0.15) is 0 Å². The highest BCUT2D eigenvalue weighted by Crippen LogP contribution is 2.36. The Hall–Kier alpha value is -2.15. The highest BCUT2D eigenvalue weighted by Gasteiger charge is 2.26. The van der Waals surface area contributed by atoms with Gasteiger partial charge < -0.3 is 15.4 Å². The van der Waals surface area contributed by atoms with Crippen LogP contribution in [0.2, 0.25) is 0 Å². The summed E-state index contributed by atoms with van der Waals surface area (Å²) >= 11 is 0. The summed E-state index contributed by atoms with van der Waals surface area (Å²) in [7, 11) is 0. The second kappa shape index (κ2) is 5.69. The number of hydrogen-bond donors (Lipinski definition) is 2. The summed E-state index contributed by atoms with van der Waals surface area (Å²) < 4.78 is 5.67. The standard InChI is InChI=1S/C14H17N3O4/c18-14-5-10-4-12(17(19)20)13(6-11(10)16-14)21-8-9-2-1-3-15-7-9/h4,6,9,15H,1-3,5,7-8H2,(H,16,18). The molecule has 1 amide bonds. The van der Waals surface area contributed by atoms with Crippen LogP contribution in [0.3, 0.4) is 0 Å². The van der Waals surface area contributed by atoms with E-state index in [1.54, 1.807) is 6.07 Å². The Morgan fingerprint density at radius 3 is 3.00 bits per heavy atom. The maximum Gasteiger partial charge on any atom is 0.311 e. The Balaban J connectivity index is 1.78. The first-order valence-electron chi connectivity index (χ1n) is 7.08. The summed E-state index contributed by atoms with van der Waals surface area (Å²) in [4.78, 5) is 22.1. The van der Waals surface area contributed by atoms with E-state index < -0.39 is 4.92 Å². The number of hydrogen-bond acceptors (Lipinski definition) is 5. The van der Waals surface area contributed by atoms with Crippen molar-refractivity contribution in [1.29, 1.82) is 0 Å².